The minimum atomic E-state index is -2.04. The number of ether oxygens (including phenoxy) is 1. The van der Waals surface area contributed by atoms with Gasteiger partial charge in [0, 0.05) is 19.9 Å². The third-order valence-corrected chi connectivity index (χ3v) is 6.25. The van der Waals surface area contributed by atoms with Crippen molar-refractivity contribution in [2.75, 3.05) is 26.5 Å². The predicted octanol–water partition coefficient (Wildman–Crippen LogP) is 2.14. The molecule has 0 aliphatic rings. The Hall–Kier alpha value is -0.243. The number of nitrogens with one attached hydrogen (secondary N) is 1. The molecule has 7 heteroatoms. The number of hydrogen-bond acceptors (Lipinski definition) is 5. The van der Waals surface area contributed by atoms with Gasteiger partial charge in [-0.25, -0.2) is 4.79 Å². The first-order valence-electron chi connectivity index (χ1n) is 5.25. The van der Waals surface area contributed by atoms with Gasteiger partial charge in [0.05, 0.1) is 6.61 Å². The van der Waals surface area contributed by atoms with Crippen LogP contribution in [0.1, 0.15) is 13.3 Å². The van der Waals surface area contributed by atoms with Crippen molar-refractivity contribution in [3.63, 3.8) is 0 Å². The molecule has 1 atom stereocenters. The zero-order valence-corrected chi connectivity index (χ0v) is 12.2. The molecule has 1 amide bonds. The van der Waals surface area contributed by atoms with E-state index in [0.29, 0.717) is 13.2 Å². The Kier molecular flexibility index (Phi) is 8.72. The van der Waals surface area contributed by atoms with Crippen LogP contribution in [0.4, 0.5) is 4.79 Å². The molecule has 0 saturated carbocycles. The first kappa shape index (κ1) is 15.8. The summed E-state index contributed by atoms with van der Waals surface area (Å²) in [6.45, 7) is 4.77. The van der Waals surface area contributed by atoms with Crippen LogP contribution >= 0.6 is 12.0 Å². The lowest BCUT2D eigenvalue weighted by Crippen LogP contribution is -2.36. The van der Waals surface area contributed by atoms with Gasteiger partial charge in [-0.05, 0) is 38.0 Å². The van der Waals surface area contributed by atoms with Crippen molar-refractivity contribution in [2.24, 2.45) is 0 Å². The first-order valence-corrected chi connectivity index (χ1v) is 8.93. The lowest BCUT2D eigenvalue weighted by Gasteiger charge is -2.22. The van der Waals surface area contributed by atoms with Gasteiger partial charge in [-0.2, -0.15) is 0 Å². The number of carbonyl (C=O) groups is 1. The van der Waals surface area contributed by atoms with E-state index in [-0.39, 0.29) is 6.09 Å². The summed E-state index contributed by atoms with van der Waals surface area (Å²) in [6, 6.07) is 0.844. The summed E-state index contributed by atoms with van der Waals surface area (Å²) < 4.78 is 15.6. The molecule has 0 aromatic carbocycles. The first-order chi connectivity index (χ1) is 7.58. The molecule has 0 aromatic heterocycles. The third kappa shape index (κ3) is 7.10. The van der Waals surface area contributed by atoms with Crippen LogP contribution in [0.5, 0.6) is 0 Å². The Morgan fingerprint density at radius 2 is 2.19 bits per heavy atom. The fourth-order valence-corrected chi connectivity index (χ4v) is 4.17. The summed E-state index contributed by atoms with van der Waals surface area (Å²) in [5, 5.41) is 2.67. The van der Waals surface area contributed by atoms with E-state index in [9.17, 15) is 4.79 Å². The van der Waals surface area contributed by atoms with Crippen molar-refractivity contribution in [3.8, 4) is 0 Å². The van der Waals surface area contributed by atoms with Gasteiger partial charge < -0.3 is 18.4 Å². The molecule has 0 aliphatic carbocycles. The van der Waals surface area contributed by atoms with E-state index < -0.39 is 8.56 Å². The highest BCUT2D eigenvalue weighted by Crippen LogP contribution is 2.19. The van der Waals surface area contributed by atoms with E-state index in [1.54, 1.807) is 14.0 Å². The van der Waals surface area contributed by atoms with Crippen LogP contribution < -0.4 is 5.32 Å². The molecule has 0 aliphatic heterocycles. The largest absolute Gasteiger partial charge is 0.450 e. The van der Waals surface area contributed by atoms with Gasteiger partial charge in [0.1, 0.15) is 0 Å². The quantitative estimate of drug-likeness (QED) is 0.415. The molecule has 0 rings (SSSR count). The van der Waals surface area contributed by atoms with Crippen LogP contribution in [-0.4, -0.2) is 41.2 Å². The van der Waals surface area contributed by atoms with Gasteiger partial charge >= 0.3 is 14.7 Å². The zero-order valence-electron chi connectivity index (χ0n) is 10.4. The average Bonchev–Trinajstić information content (AvgIpc) is 2.25. The normalized spacial score (nSPS) is 14.2. The molecule has 0 fully saturated rings. The maximum atomic E-state index is 11.0. The van der Waals surface area contributed by atoms with Crippen LogP contribution in [0.25, 0.3) is 0 Å². The zero-order chi connectivity index (χ0) is 12.4. The lowest BCUT2D eigenvalue weighted by molar-refractivity contribution is 0.152. The van der Waals surface area contributed by atoms with Gasteiger partial charge in [0.15, 0.2) is 0 Å². The Bertz CT molecular complexity index is 208. The third-order valence-electron chi connectivity index (χ3n) is 2.04. The van der Waals surface area contributed by atoms with Crippen molar-refractivity contribution >= 4 is 26.7 Å². The highest BCUT2D eigenvalue weighted by Gasteiger charge is 2.29. The van der Waals surface area contributed by atoms with Gasteiger partial charge in [-0.3, -0.25) is 0 Å². The van der Waals surface area contributed by atoms with Crippen molar-refractivity contribution in [2.45, 2.75) is 25.9 Å². The fraction of sp³-hybridized carbons (Fsp3) is 0.889. The molecule has 0 bridgehead atoms. The standard InChI is InChI=1S/C9H21NO4SSi/c1-5-13-9(11)10-7-6-8-16(4,12-2)14-15-3/h5-8H2,1-4H3,(H,10,11). The SMILES string of the molecule is CCOC(=O)NCCC[Si](C)(OC)OSC. The maximum absolute atomic E-state index is 11.0. The summed E-state index contributed by atoms with van der Waals surface area (Å²) in [5.74, 6) is 0. The summed E-state index contributed by atoms with van der Waals surface area (Å²) >= 11 is 1.33. The van der Waals surface area contributed by atoms with E-state index in [0.717, 1.165) is 12.5 Å². The number of rotatable bonds is 8. The Morgan fingerprint density at radius 1 is 1.50 bits per heavy atom. The molecule has 0 heterocycles. The molecular weight excluding hydrogens is 246 g/mol. The van der Waals surface area contributed by atoms with Crippen LogP contribution in [0.15, 0.2) is 0 Å². The van der Waals surface area contributed by atoms with Crippen molar-refractivity contribution in [1.29, 1.82) is 0 Å². The van der Waals surface area contributed by atoms with Crippen molar-refractivity contribution in [1.82, 2.24) is 5.32 Å². The molecule has 0 aromatic rings. The minimum absolute atomic E-state index is 0.367. The highest BCUT2D eigenvalue weighted by atomic mass is 32.2. The van der Waals surface area contributed by atoms with E-state index in [1.165, 1.54) is 12.0 Å². The summed E-state index contributed by atoms with van der Waals surface area (Å²) in [6.07, 6.45) is 2.34. The van der Waals surface area contributed by atoms with Gasteiger partial charge in [0.2, 0.25) is 0 Å². The summed E-state index contributed by atoms with van der Waals surface area (Å²) in [4.78, 5) is 11.0. The van der Waals surface area contributed by atoms with Crippen molar-refractivity contribution in [3.05, 3.63) is 0 Å². The highest BCUT2D eigenvalue weighted by molar-refractivity contribution is 7.94. The number of hydrogen-bond donors (Lipinski definition) is 1. The topological polar surface area (TPSA) is 56.8 Å². The molecule has 0 saturated heterocycles. The monoisotopic (exact) mass is 267 g/mol. The lowest BCUT2D eigenvalue weighted by atomic mass is 10.5. The average molecular weight is 267 g/mol. The summed E-state index contributed by atoms with van der Waals surface area (Å²) in [7, 11) is -0.375. The second-order valence-corrected chi connectivity index (χ2v) is 7.51. The second-order valence-electron chi connectivity index (χ2n) is 3.34. The van der Waals surface area contributed by atoms with E-state index in [4.69, 9.17) is 13.0 Å². The number of amides is 1. The van der Waals surface area contributed by atoms with Gasteiger partial charge in [0.25, 0.3) is 0 Å². The van der Waals surface area contributed by atoms with Gasteiger partial charge in [-0.1, -0.05) is 0 Å². The van der Waals surface area contributed by atoms with Crippen LogP contribution in [0.3, 0.4) is 0 Å². The molecule has 0 spiro atoms. The molecule has 0 radical (unpaired) electrons. The molecule has 1 N–H and O–H groups in total. The van der Waals surface area contributed by atoms with Crippen LogP contribution in [-0.2, 0) is 13.0 Å². The predicted molar refractivity (Wildman–Crippen MR) is 67.7 cm³/mol. The molecule has 1 unspecified atom stereocenters. The molecular formula is C9H21NO4SSi. The Labute approximate surface area is 103 Å². The second kappa shape index (κ2) is 8.86. The van der Waals surface area contributed by atoms with Gasteiger partial charge in [-0.15, -0.1) is 0 Å². The molecule has 16 heavy (non-hydrogen) atoms. The Balaban J connectivity index is 3.66. The van der Waals surface area contributed by atoms with Crippen molar-refractivity contribution < 1.29 is 17.8 Å². The molecule has 5 nitrogen and oxygen atoms in total. The smallest absolute Gasteiger partial charge is 0.407 e. The maximum Gasteiger partial charge on any atom is 0.407 e. The number of carbonyl (C=O) groups excluding carboxylic acids is 1. The van der Waals surface area contributed by atoms with Crippen LogP contribution in [0.2, 0.25) is 12.6 Å². The fourth-order valence-electron chi connectivity index (χ4n) is 1.14. The minimum Gasteiger partial charge on any atom is -0.450 e. The molecule has 96 valence electrons. The number of alkyl carbamates (subject to hydrolysis) is 1. The van der Waals surface area contributed by atoms with E-state index in [1.807, 2.05) is 12.8 Å². The van der Waals surface area contributed by atoms with Crippen LogP contribution in [0, 0.1) is 0 Å². The Morgan fingerprint density at radius 3 is 2.69 bits per heavy atom. The van der Waals surface area contributed by atoms with E-state index in [2.05, 4.69) is 5.32 Å². The van der Waals surface area contributed by atoms with E-state index >= 15 is 0 Å². The summed E-state index contributed by atoms with van der Waals surface area (Å²) in [5.41, 5.74) is 0.